The zero-order valence-electron chi connectivity index (χ0n) is 9.22. The number of hydrogen-bond acceptors (Lipinski definition) is 3. The molecule has 0 bridgehead atoms. The van der Waals surface area contributed by atoms with Crippen LogP contribution >= 0.6 is 0 Å². The van der Waals surface area contributed by atoms with E-state index in [1.165, 1.54) is 0 Å². The summed E-state index contributed by atoms with van der Waals surface area (Å²) in [5.41, 5.74) is 2.23. The van der Waals surface area contributed by atoms with Crippen LogP contribution in [0.5, 0.6) is 5.75 Å². The molecule has 0 saturated carbocycles. The van der Waals surface area contributed by atoms with Gasteiger partial charge in [-0.3, -0.25) is 4.79 Å². The maximum Gasteiger partial charge on any atom is 0.238 e. The number of nitrogens with one attached hydrogen (secondary N) is 2. The second-order valence-electron chi connectivity index (χ2n) is 3.56. The number of anilines is 1. The number of amides is 1. The van der Waals surface area contributed by atoms with E-state index in [9.17, 15) is 9.90 Å². The van der Waals surface area contributed by atoms with Crippen LogP contribution in [0.2, 0.25) is 0 Å². The first-order valence-corrected chi connectivity index (χ1v) is 4.79. The highest BCUT2D eigenvalue weighted by molar-refractivity contribution is 5.94. The van der Waals surface area contributed by atoms with E-state index in [0.29, 0.717) is 5.69 Å². The number of benzene rings is 1. The minimum atomic E-state index is -0.169. The number of likely N-dealkylation sites (N-methyl/N-ethyl adjacent to an activating group) is 1. The third-order valence-electron chi connectivity index (χ3n) is 2.06. The Bertz CT molecular complexity index is 375. The van der Waals surface area contributed by atoms with Crippen molar-refractivity contribution in [1.82, 2.24) is 5.32 Å². The number of carbonyl (C=O) groups is 1. The molecule has 0 spiro atoms. The highest BCUT2D eigenvalue weighted by atomic mass is 16.3. The Morgan fingerprint density at radius 2 is 2.07 bits per heavy atom. The average Bonchev–Trinajstić information content (AvgIpc) is 2.13. The monoisotopic (exact) mass is 208 g/mol. The summed E-state index contributed by atoms with van der Waals surface area (Å²) >= 11 is 0. The van der Waals surface area contributed by atoms with Crippen molar-refractivity contribution in [2.24, 2.45) is 0 Å². The fraction of sp³-hybridized carbons (Fsp3) is 0.364. The predicted molar refractivity (Wildman–Crippen MR) is 60.1 cm³/mol. The van der Waals surface area contributed by atoms with Crippen LogP contribution in [0.25, 0.3) is 0 Å². The fourth-order valence-electron chi connectivity index (χ4n) is 1.41. The molecular weight excluding hydrogens is 192 g/mol. The summed E-state index contributed by atoms with van der Waals surface area (Å²) in [6, 6.07) is 3.61. The van der Waals surface area contributed by atoms with E-state index in [-0.39, 0.29) is 18.2 Å². The van der Waals surface area contributed by atoms with Crippen molar-refractivity contribution in [3.8, 4) is 5.75 Å². The van der Waals surface area contributed by atoms with E-state index in [1.54, 1.807) is 20.0 Å². The largest absolute Gasteiger partial charge is 0.505 e. The summed E-state index contributed by atoms with van der Waals surface area (Å²) in [5.74, 6) is -0.0390. The van der Waals surface area contributed by atoms with E-state index < -0.39 is 0 Å². The smallest absolute Gasteiger partial charge is 0.238 e. The quantitative estimate of drug-likeness (QED) is 0.653. The minimum Gasteiger partial charge on any atom is -0.505 e. The van der Waals surface area contributed by atoms with E-state index in [0.717, 1.165) is 11.1 Å². The third kappa shape index (κ3) is 2.95. The molecule has 4 nitrogen and oxygen atoms in total. The van der Waals surface area contributed by atoms with Crippen LogP contribution in [-0.2, 0) is 4.79 Å². The van der Waals surface area contributed by atoms with Gasteiger partial charge in [0.25, 0.3) is 0 Å². The summed E-state index contributed by atoms with van der Waals surface area (Å²) in [7, 11) is 1.70. The van der Waals surface area contributed by atoms with Gasteiger partial charge in [-0.25, -0.2) is 0 Å². The van der Waals surface area contributed by atoms with Crippen LogP contribution in [0.4, 0.5) is 5.69 Å². The highest BCUT2D eigenvalue weighted by Gasteiger charge is 2.08. The fourth-order valence-corrected chi connectivity index (χ4v) is 1.41. The van der Waals surface area contributed by atoms with Gasteiger partial charge < -0.3 is 15.7 Å². The Balaban J connectivity index is 2.89. The maximum atomic E-state index is 11.3. The number of hydrogen-bond donors (Lipinski definition) is 3. The minimum absolute atomic E-state index is 0.130. The van der Waals surface area contributed by atoms with Gasteiger partial charge in [0.15, 0.2) is 0 Å². The van der Waals surface area contributed by atoms with E-state index in [2.05, 4.69) is 10.6 Å². The molecular formula is C11H16N2O2. The van der Waals surface area contributed by atoms with Crippen LogP contribution in [-0.4, -0.2) is 24.6 Å². The van der Waals surface area contributed by atoms with Crippen molar-refractivity contribution >= 4 is 11.6 Å². The molecule has 0 saturated heterocycles. The summed E-state index contributed by atoms with van der Waals surface area (Å²) in [5, 5.41) is 15.1. The van der Waals surface area contributed by atoms with E-state index in [1.807, 2.05) is 13.0 Å². The van der Waals surface area contributed by atoms with Gasteiger partial charge in [-0.15, -0.1) is 0 Å². The first-order chi connectivity index (χ1) is 7.04. The van der Waals surface area contributed by atoms with Gasteiger partial charge in [0.1, 0.15) is 5.75 Å². The van der Waals surface area contributed by atoms with Gasteiger partial charge in [-0.1, -0.05) is 6.07 Å². The second kappa shape index (κ2) is 4.79. The molecule has 82 valence electrons. The molecule has 1 aromatic rings. The lowest BCUT2D eigenvalue weighted by Crippen LogP contribution is -2.25. The number of phenols is 1. The molecule has 15 heavy (non-hydrogen) atoms. The first-order valence-electron chi connectivity index (χ1n) is 4.79. The molecule has 1 aromatic carbocycles. The molecule has 3 N–H and O–H groups in total. The summed E-state index contributed by atoms with van der Waals surface area (Å²) in [6.07, 6.45) is 0. The molecule has 0 aromatic heterocycles. The third-order valence-corrected chi connectivity index (χ3v) is 2.06. The molecule has 1 amide bonds. The van der Waals surface area contributed by atoms with Crippen LogP contribution in [0, 0.1) is 13.8 Å². The molecule has 0 fully saturated rings. The van der Waals surface area contributed by atoms with Crippen molar-refractivity contribution in [1.29, 1.82) is 0 Å². The lowest BCUT2D eigenvalue weighted by atomic mass is 10.1. The Labute approximate surface area is 89.3 Å². The topological polar surface area (TPSA) is 61.4 Å². The van der Waals surface area contributed by atoms with Crippen molar-refractivity contribution in [3.05, 3.63) is 23.3 Å². The second-order valence-corrected chi connectivity index (χ2v) is 3.56. The summed E-state index contributed by atoms with van der Waals surface area (Å²) in [4.78, 5) is 11.3. The van der Waals surface area contributed by atoms with Crippen LogP contribution in [0.3, 0.4) is 0 Å². The Morgan fingerprint density at radius 1 is 1.40 bits per heavy atom. The molecule has 0 radical (unpaired) electrons. The first kappa shape index (κ1) is 11.5. The Morgan fingerprint density at radius 3 is 2.67 bits per heavy atom. The molecule has 0 aliphatic rings. The number of phenolic OH excluding ortho intramolecular Hbond substituents is 1. The SMILES string of the molecule is CNCC(=O)Nc1cc(C)cc(C)c1O. The molecule has 1 rings (SSSR count). The lowest BCUT2D eigenvalue weighted by Gasteiger charge is -2.10. The summed E-state index contributed by atoms with van der Waals surface area (Å²) in [6.45, 7) is 3.95. The van der Waals surface area contributed by atoms with Crippen molar-refractivity contribution in [3.63, 3.8) is 0 Å². The lowest BCUT2D eigenvalue weighted by molar-refractivity contribution is -0.115. The summed E-state index contributed by atoms with van der Waals surface area (Å²) < 4.78 is 0. The van der Waals surface area contributed by atoms with Crippen LogP contribution < -0.4 is 10.6 Å². The molecule has 0 heterocycles. The average molecular weight is 208 g/mol. The predicted octanol–water partition coefficient (Wildman–Crippen LogP) is 1.17. The zero-order valence-corrected chi connectivity index (χ0v) is 9.22. The van der Waals surface area contributed by atoms with Gasteiger partial charge in [-0.2, -0.15) is 0 Å². The highest BCUT2D eigenvalue weighted by Crippen LogP contribution is 2.28. The number of aromatic hydroxyl groups is 1. The molecule has 4 heteroatoms. The number of aryl methyl sites for hydroxylation is 2. The molecule has 0 unspecified atom stereocenters. The molecule has 0 aliphatic heterocycles. The number of carbonyl (C=O) groups excluding carboxylic acids is 1. The van der Waals surface area contributed by atoms with Crippen molar-refractivity contribution < 1.29 is 9.90 Å². The standard InChI is InChI=1S/C11H16N2O2/c1-7-4-8(2)11(15)9(5-7)13-10(14)6-12-3/h4-5,12,15H,6H2,1-3H3,(H,13,14). The van der Waals surface area contributed by atoms with Crippen molar-refractivity contribution in [2.45, 2.75) is 13.8 Å². The van der Waals surface area contributed by atoms with E-state index >= 15 is 0 Å². The maximum absolute atomic E-state index is 11.3. The Kier molecular flexibility index (Phi) is 3.68. The van der Waals surface area contributed by atoms with Crippen LogP contribution in [0.15, 0.2) is 12.1 Å². The molecule has 0 atom stereocenters. The van der Waals surface area contributed by atoms with Crippen molar-refractivity contribution in [2.75, 3.05) is 18.9 Å². The number of rotatable bonds is 3. The van der Waals surface area contributed by atoms with E-state index in [4.69, 9.17) is 0 Å². The van der Waals surface area contributed by atoms with Gasteiger partial charge in [0.05, 0.1) is 12.2 Å². The van der Waals surface area contributed by atoms with Gasteiger partial charge in [-0.05, 0) is 38.1 Å². The van der Waals surface area contributed by atoms with Gasteiger partial charge in [0, 0.05) is 0 Å². The van der Waals surface area contributed by atoms with Gasteiger partial charge in [0.2, 0.25) is 5.91 Å². The van der Waals surface area contributed by atoms with Gasteiger partial charge >= 0.3 is 0 Å². The molecule has 0 aliphatic carbocycles. The zero-order chi connectivity index (χ0) is 11.4. The van der Waals surface area contributed by atoms with Crippen LogP contribution in [0.1, 0.15) is 11.1 Å². The Hall–Kier alpha value is -1.55. The normalized spacial score (nSPS) is 10.1.